The van der Waals surface area contributed by atoms with Crippen LogP contribution in [0.2, 0.25) is 0 Å². The van der Waals surface area contributed by atoms with Crippen LogP contribution in [0.1, 0.15) is 11.6 Å². The standard InChI is InChI=1S/C8H9Br2NO.ClH/c9-6-1-5(8(11)4-12)2-7(10)3-6;/h1-3,8,12H,4,11H2;1H/t8-;/m0./s1. The number of hydrogen-bond acceptors (Lipinski definition) is 2. The van der Waals surface area contributed by atoms with E-state index >= 15 is 0 Å². The number of nitrogens with two attached hydrogens (primary N) is 1. The average Bonchev–Trinajstić information content (AvgIpc) is 2.01. The van der Waals surface area contributed by atoms with Crippen LogP contribution in [0.15, 0.2) is 27.1 Å². The van der Waals surface area contributed by atoms with E-state index in [0.29, 0.717) is 0 Å². The summed E-state index contributed by atoms with van der Waals surface area (Å²) in [7, 11) is 0. The van der Waals surface area contributed by atoms with E-state index in [4.69, 9.17) is 10.8 Å². The van der Waals surface area contributed by atoms with Crippen LogP contribution in [0, 0.1) is 0 Å². The Morgan fingerprint density at radius 3 is 2.08 bits per heavy atom. The molecule has 0 aliphatic heterocycles. The van der Waals surface area contributed by atoms with Gasteiger partial charge in [0.2, 0.25) is 0 Å². The van der Waals surface area contributed by atoms with Crippen LogP contribution in [0.4, 0.5) is 0 Å². The number of aliphatic hydroxyl groups is 1. The highest BCUT2D eigenvalue weighted by molar-refractivity contribution is 9.11. The lowest BCUT2D eigenvalue weighted by Gasteiger charge is -2.09. The molecule has 0 unspecified atom stereocenters. The molecule has 2 nitrogen and oxygen atoms in total. The van der Waals surface area contributed by atoms with Gasteiger partial charge >= 0.3 is 0 Å². The molecule has 0 radical (unpaired) electrons. The second-order valence-corrected chi connectivity index (χ2v) is 4.32. The van der Waals surface area contributed by atoms with Gasteiger partial charge < -0.3 is 10.8 Å². The van der Waals surface area contributed by atoms with Crippen LogP contribution in [-0.4, -0.2) is 11.7 Å². The minimum absolute atomic E-state index is 0. The van der Waals surface area contributed by atoms with E-state index in [1.54, 1.807) is 0 Å². The fraction of sp³-hybridized carbons (Fsp3) is 0.250. The van der Waals surface area contributed by atoms with Crippen molar-refractivity contribution >= 4 is 44.3 Å². The summed E-state index contributed by atoms with van der Waals surface area (Å²) in [5.74, 6) is 0. The second kappa shape index (κ2) is 5.98. The van der Waals surface area contributed by atoms with Crippen LogP contribution in [-0.2, 0) is 0 Å². The van der Waals surface area contributed by atoms with E-state index in [1.165, 1.54) is 0 Å². The van der Waals surface area contributed by atoms with Gasteiger partial charge in [-0.3, -0.25) is 0 Å². The van der Waals surface area contributed by atoms with Gasteiger partial charge in [0.25, 0.3) is 0 Å². The van der Waals surface area contributed by atoms with E-state index in [9.17, 15) is 0 Å². The first kappa shape index (κ1) is 13.4. The minimum Gasteiger partial charge on any atom is -0.394 e. The molecule has 5 heteroatoms. The first-order chi connectivity index (χ1) is 5.63. The molecule has 1 aromatic carbocycles. The molecular formula is C8H10Br2ClNO. The van der Waals surface area contributed by atoms with E-state index < -0.39 is 0 Å². The second-order valence-electron chi connectivity index (χ2n) is 2.49. The molecule has 74 valence electrons. The molecule has 0 aliphatic carbocycles. The maximum atomic E-state index is 8.81. The lowest BCUT2D eigenvalue weighted by molar-refractivity contribution is 0.268. The van der Waals surface area contributed by atoms with Crippen LogP contribution in [0.3, 0.4) is 0 Å². The van der Waals surface area contributed by atoms with Crippen molar-refractivity contribution in [2.45, 2.75) is 6.04 Å². The van der Waals surface area contributed by atoms with Crippen molar-refractivity contribution in [2.75, 3.05) is 6.61 Å². The largest absolute Gasteiger partial charge is 0.394 e. The first-order valence-electron chi connectivity index (χ1n) is 3.46. The van der Waals surface area contributed by atoms with Crippen molar-refractivity contribution in [2.24, 2.45) is 5.73 Å². The van der Waals surface area contributed by atoms with Crippen LogP contribution in [0.5, 0.6) is 0 Å². The van der Waals surface area contributed by atoms with Crippen molar-refractivity contribution in [3.63, 3.8) is 0 Å². The number of aliphatic hydroxyl groups excluding tert-OH is 1. The third-order valence-corrected chi connectivity index (χ3v) is 2.43. The van der Waals surface area contributed by atoms with Crippen molar-refractivity contribution < 1.29 is 5.11 Å². The maximum absolute atomic E-state index is 8.81. The molecule has 0 spiro atoms. The van der Waals surface area contributed by atoms with Gasteiger partial charge in [-0.25, -0.2) is 0 Å². The smallest absolute Gasteiger partial charge is 0.0624 e. The summed E-state index contributed by atoms with van der Waals surface area (Å²) in [4.78, 5) is 0. The van der Waals surface area contributed by atoms with Gasteiger partial charge in [-0.1, -0.05) is 31.9 Å². The van der Waals surface area contributed by atoms with Gasteiger partial charge in [0.1, 0.15) is 0 Å². The van der Waals surface area contributed by atoms with E-state index in [1.807, 2.05) is 18.2 Å². The molecule has 0 saturated carbocycles. The molecule has 1 aromatic rings. The molecule has 0 saturated heterocycles. The normalized spacial score (nSPS) is 12.0. The minimum atomic E-state index is -0.307. The van der Waals surface area contributed by atoms with Gasteiger partial charge in [-0.2, -0.15) is 0 Å². The van der Waals surface area contributed by atoms with E-state index in [-0.39, 0.29) is 25.1 Å². The van der Waals surface area contributed by atoms with E-state index in [0.717, 1.165) is 14.5 Å². The number of rotatable bonds is 2. The Morgan fingerprint density at radius 2 is 1.69 bits per heavy atom. The zero-order valence-corrected chi connectivity index (χ0v) is 10.7. The molecule has 13 heavy (non-hydrogen) atoms. The van der Waals surface area contributed by atoms with Gasteiger partial charge in [-0.15, -0.1) is 12.4 Å². The Kier molecular flexibility index (Phi) is 6.16. The summed E-state index contributed by atoms with van der Waals surface area (Å²) in [6.45, 7) is -0.0388. The molecule has 1 atom stereocenters. The maximum Gasteiger partial charge on any atom is 0.0624 e. The summed E-state index contributed by atoms with van der Waals surface area (Å²) in [6, 6.07) is 5.41. The van der Waals surface area contributed by atoms with Crippen molar-refractivity contribution in [1.82, 2.24) is 0 Å². The molecule has 3 N–H and O–H groups in total. The fourth-order valence-corrected chi connectivity index (χ4v) is 2.22. The quantitative estimate of drug-likeness (QED) is 0.875. The molecule has 0 bridgehead atoms. The van der Waals surface area contributed by atoms with Crippen LogP contribution < -0.4 is 5.73 Å². The van der Waals surface area contributed by atoms with Crippen LogP contribution in [0.25, 0.3) is 0 Å². The molecule has 0 aliphatic rings. The average molecular weight is 331 g/mol. The molecule has 0 aromatic heterocycles. The van der Waals surface area contributed by atoms with Crippen molar-refractivity contribution in [3.8, 4) is 0 Å². The highest BCUT2D eigenvalue weighted by Crippen LogP contribution is 2.22. The third kappa shape index (κ3) is 3.95. The zero-order valence-electron chi connectivity index (χ0n) is 6.71. The monoisotopic (exact) mass is 329 g/mol. The summed E-state index contributed by atoms with van der Waals surface area (Å²) in [5, 5.41) is 8.81. The highest BCUT2D eigenvalue weighted by atomic mass is 79.9. The zero-order chi connectivity index (χ0) is 9.14. The summed E-state index contributed by atoms with van der Waals surface area (Å²) in [5.41, 5.74) is 6.56. The van der Waals surface area contributed by atoms with Gasteiger partial charge in [0.15, 0.2) is 0 Å². The predicted octanol–water partition coefficient (Wildman–Crippen LogP) is 2.63. The SMILES string of the molecule is Cl.N[C@@H](CO)c1cc(Br)cc(Br)c1. The number of halogens is 3. The molecular weight excluding hydrogens is 321 g/mol. The van der Waals surface area contributed by atoms with E-state index in [2.05, 4.69) is 31.9 Å². The molecule has 0 amide bonds. The lowest BCUT2D eigenvalue weighted by atomic mass is 10.1. The highest BCUT2D eigenvalue weighted by Gasteiger charge is 2.05. The Bertz CT molecular complexity index is 263. The van der Waals surface area contributed by atoms with Crippen molar-refractivity contribution in [3.05, 3.63) is 32.7 Å². The topological polar surface area (TPSA) is 46.2 Å². The molecule has 0 heterocycles. The summed E-state index contributed by atoms with van der Waals surface area (Å²) in [6.07, 6.45) is 0. The Labute approximate surface area is 100 Å². The summed E-state index contributed by atoms with van der Waals surface area (Å²) < 4.78 is 1.91. The van der Waals surface area contributed by atoms with Crippen LogP contribution >= 0.6 is 44.3 Å². The third-order valence-electron chi connectivity index (χ3n) is 1.51. The van der Waals surface area contributed by atoms with Gasteiger partial charge in [0, 0.05) is 8.95 Å². The molecule has 0 fully saturated rings. The Morgan fingerprint density at radius 1 is 1.23 bits per heavy atom. The Hall–Kier alpha value is 0.390. The van der Waals surface area contributed by atoms with Gasteiger partial charge in [-0.05, 0) is 23.8 Å². The summed E-state index contributed by atoms with van der Waals surface area (Å²) >= 11 is 6.69. The fourth-order valence-electron chi connectivity index (χ4n) is 0.895. The van der Waals surface area contributed by atoms with Gasteiger partial charge in [0.05, 0.1) is 12.6 Å². The first-order valence-corrected chi connectivity index (χ1v) is 5.04. The Balaban J connectivity index is 0.00000144. The van der Waals surface area contributed by atoms with Crippen molar-refractivity contribution in [1.29, 1.82) is 0 Å². The number of hydrogen-bond donors (Lipinski definition) is 2. The lowest BCUT2D eigenvalue weighted by Crippen LogP contribution is -2.14. The molecule has 1 rings (SSSR count). The number of benzene rings is 1. The predicted molar refractivity (Wildman–Crippen MR) is 63.1 cm³/mol.